The molecule has 104 valence electrons. The van der Waals surface area contributed by atoms with E-state index in [2.05, 4.69) is 33.3 Å². The number of nitrogens with zero attached hydrogens (tertiary/aromatic N) is 2. The summed E-state index contributed by atoms with van der Waals surface area (Å²) in [6.07, 6.45) is 3.20. The number of rotatable bonds is 8. The van der Waals surface area contributed by atoms with Gasteiger partial charge in [0.05, 0.1) is 15.9 Å². The zero-order valence-electron chi connectivity index (χ0n) is 11.8. The third kappa shape index (κ3) is 4.37. The van der Waals surface area contributed by atoms with Crippen molar-refractivity contribution in [1.29, 1.82) is 0 Å². The van der Waals surface area contributed by atoms with E-state index in [1.807, 2.05) is 18.7 Å². The highest BCUT2D eigenvalue weighted by molar-refractivity contribution is 9.10. The van der Waals surface area contributed by atoms with E-state index in [1.54, 1.807) is 7.11 Å². The lowest BCUT2D eigenvalue weighted by atomic mass is 10.1. The Morgan fingerprint density at radius 2 is 2.22 bits per heavy atom. The van der Waals surface area contributed by atoms with Gasteiger partial charge in [-0.2, -0.15) is 5.10 Å². The lowest BCUT2D eigenvalue weighted by molar-refractivity contribution is 0.188. The molecule has 1 unspecified atom stereocenters. The quantitative estimate of drug-likeness (QED) is 0.748. The lowest BCUT2D eigenvalue weighted by Crippen LogP contribution is -2.32. The largest absolute Gasteiger partial charge is 0.385 e. The maximum atomic E-state index is 5.12. The van der Waals surface area contributed by atoms with Gasteiger partial charge in [-0.1, -0.05) is 6.92 Å². The van der Waals surface area contributed by atoms with Crippen LogP contribution in [0.4, 0.5) is 0 Å². The molecule has 5 heteroatoms. The molecule has 1 heterocycles. The molecule has 0 spiro atoms. The number of aryl methyl sites for hydroxylation is 2. The number of ether oxygens (including phenoxy) is 1. The van der Waals surface area contributed by atoms with E-state index in [0.717, 1.165) is 42.6 Å². The number of hydrogen-bond donors (Lipinski definition) is 1. The van der Waals surface area contributed by atoms with Crippen molar-refractivity contribution in [2.24, 2.45) is 7.05 Å². The first kappa shape index (κ1) is 15.7. The summed E-state index contributed by atoms with van der Waals surface area (Å²) >= 11 is 3.63. The van der Waals surface area contributed by atoms with E-state index in [4.69, 9.17) is 4.74 Å². The van der Waals surface area contributed by atoms with E-state index < -0.39 is 0 Å². The Bertz CT molecular complexity index is 365. The smallest absolute Gasteiger partial charge is 0.0738 e. The first-order chi connectivity index (χ1) is 8.60. The van der Waals surface area contributed by atoms with Crippen LogP contribution in [-0.2, 0) is 18.2 Å². The zero-order valence-corrected chi connectivity index (χ0v) is 13.4. The normalized spacial score (nSPS) is 12.9. The molecular formula is C13H24BrN3O. The molecule has 4 nitrogen and oxygen atoms in total. The van der Waals surface area contributed by atoms with E-state index in [-0.39, 0.29) is 0 Å². The molecule has 0 fully saturated rings. The standard InChI is InChI=1S/C13H24BrN3O/c1-5-15-11(7-6-8-18-4)9-12-13(14)10(2)16-17(12)3/h11,15H,5-9H2,1-4H3. The molecule has 0 saturated heterocycles. The molecule has 18 heavy (non-hydrogen) atoms. The van der Waals surface area contributed by atoms with Crippen LogP contribution in [0.25, 0.3) is 0 Å². The molecule has 1 aromatic heterocycles. The fraction of sp³-hybridized carbons (Fsp3) is 0.769. The van der Waals surface area contributed by atoms with Crippen LogP contribution in [0.1, 0.15) is 31.2 Å². The second kappa shape index (κ2) is 7.92. The number of likely N-dealkylation sites (N-methyl/N-ethyl adjacent to an activating group) is 1. The maximum Gasteiger partial charge on any atom is 0.0738 e. The van der Waals surface area contributed by atoms with Crippen molar-refractivity contribution < 1.29 is 4.74 Å². The van der Waals surface area contributed by atoms with Gasteiger partial charge in [-0.3, -0.25) is 4.68 Å². The minimum Gasteiger partial charge on any atom is -0.385 e. The topological polar surface area (TPSA) is 39.1 Å². The van der Waals surface area contributed by atoms with Crippen molar-refractivity contribution in [3.63, 3.8) is 0 Å². The first-order valence-electron chi connectivity index (χ1n) is 6.50. The molecule has 0 saturated carbocycles. The van der Waals surface area contributed by atoms with Crippen LogP contribution >= 0.6 is 15.9 Å². The Balaban J connectivity index is 2.64. The van der Waals surface area contributed by atoms with Crippen molar-refractivity contribution in [2.75, 3.05) is 20.3 Å². The van der Waals surface area contributed by atoms with Gasteiger partial charge < -0.3 is 10.1 Å². The summed E-state index contributed by atoms with van der Waals surface area (Å²) in [6.45, 7) is 5.99. The second-order valence-electron chi connectivity index (χ2n) is 4.56. The average Bonchev–Trinajstić information content (AvgIpc) is 2.56. The molecule has 1 rings (SSSR count). The van der Waals surface area contributed by atoms with Crippen molar-refractivity contribution in [1.82, 2.24) is 15.1 Å². The summed E-state index contributed by atoms with van der Waals surface area (Å²) < 4.78 is 8.23. The Morgan fingerprint density at radius 1 is 1.50 bits per heavy atom. The van der Waals surface area contributed by atoms with E-state index in [1.165, 1.54) is 5.69 Å². The van der Waals surface area contributed by atoms with E-state index in [9.17, 15) is 0 Å². The molecule has 1 N–H and O–H groups in total. The Hall–Kier alpha value is -0.390. The molecule has 1 atom stereocenters. The van der Waals surface area contributed by atoms with Crippen LogP contribution in [0.3, 0.4) is 0 Å². The molecule has 0 aliphatic carbocycles. The molecule has 0 bridgehead atoms. The maximum absolute atomic E-state index is 5.12. The fourth-order valence-corrected chi connectivity index (χ4v) is 2.67. The molecule has 0 aliphatic heterocycles. The number of methoxy groups -OCH3 is 1. The predicted molar refractivity (Wildman–Crippen MR) is 77.9 cm³/mol. The SMILES string of the molecule is CCNC(CCCOC)Cc1c(Br)c(C)nn1C. The second-order valence-corrected chi connectivity index (χ2v) is 5.36. The van der Waals surface area contributed by atoms with E-state index >= 15 is 0 Å². The highest BCUT2D eigenvalue weighted by Crippen LogP contribution is 2.22. The van der Waals surface area contributed by atoms with Gasteiger partial charge in [0.2, 0.25) is 0 Å². The third-order valence-electron chi connectivity index (χ3n) is 3.10. The summed E-state index contributed by atoms with van der Waals surface area (Å²) in [4.78, 5) is 0. The van der Waals surface area contributed by atoms with Gasteiger partial charge >= 0.3 is 0 Å². The van der Waals surface area contributed by atoms with Crippen LogP contribution in [0.5, 0.6) is 0 Å². The van der Waals surface area contributed by atoms with Crippen molar-refractivity contribution in [3.8, 4) is 0 Å². The molecule has 0 amide bonds. The van der Waals surface area contributed by atoms with Gasteiger partial charge in [-0.05, 0) is 42.2 Å². The van der Waals surface area contributed by atoms with Gasteiger partial charge in [0.25, 0.3) is 0 Å². The Morgan fingerprint density at radius 3 is 2.72 bits per heavy atom. The molecule has 0 radical (unpaired) electrons. The van der Waals surface area contributed by atoms with Crippen molar-refractivity contribution >= 4 is 15.9 Å². The molecule has 1 aromatic rings. The van der Waals surface area contributed by atoms with Crippen molar-refractivity contribution in [3.05, 3.63) is 15.9 Å². The predicted octanol–water partition coefficient (Wildman–Crippen LogP) is 2.44. The summed E-state index contributed by atoms with van der Waals surface area (Å²) in [7, 11) is 3.76. The zero-order chi connectivity index (χ0) is 13.5. The van der Waals surface area contributed by atoms with Gasteiger partial charge in [0.1, 0.15) is 0 Å². The van der Waals surface area contributed by atoms with Crippen LogP contribution in [0, 0.1) is 6.92 Å². The monoisotopic (exact) mass is 317 g/mol. The fourth-order valence-electron chi connectivity index (χ4n) is 2.17. The minimum absolute atomic E-state index is 0.483. The summed E-state index contributed by atoms with van der Waals surface area (Å²) in [5.41, 5.74) is 2.32. The van der Waals surface area contributed by atoms with Gasteiger partial charge in [-0.15, -0.1) is 0 Å². The summed E-state index contributed by atoms with van der Waals surface area (Å²) in [5, 5.41) is 7.97. The van der Waals surface area contributed by atoms with Crippen LogP contribution in [0.2, 0.25) is 0 Å². The van der Waals surface area contributed by atoms with Gasteiger partial charge in [0, 0.05) is 33.2 Å². The molecule has 0 aromatic carbocycles. The summed E-state index contributed by atoms with van der Waals surface area (Å²) in [6, 6.07) is 0.483. The number of halogens is 1. The summed E-state index contributed by atoms with van der Waals surface area (Å²) in [5.74, 6) is 0. The Labute approximate surface area is 118 Å². The Kier molecular flexibility index (Phi) is 6.89. The molecule has 0 aliphatic rings. The van der Waals surface area contributed by atoms with Gasteiger partial charge in [-0.25, -0.2) is 0 Å². The first-order valence-corrected chi connectivity index (χ1v) is 7.29. The third-order valence-corrected chi connectivity index (χ3v) is 4.13. The van der Waals surface area contributed by atoms with Crippen LogP contribution in [-0.4, -0.2) is 36.1 Å². The van der Waals surface area contributed by atoms with E-state index in [0.29, 0.717) is 6.04 Å². The minimum atomic E-state index is 0.483. The van der Waals surface area contributed by atoms with Crippen LogP contribution in [0.15, 0.2) is 4.47 Å². The average molecular weight is 318 g/mol. The highest BCUT2D eigenvalue weighted by Gasteiger charge is 2.15. The number of aromatic nitrogens is 2. The van der Waals surface area contributed by atoms with Gasteiger partial charge in [0.15, 0.2) is 0 Å². The number of nitrogens with one attached hydrogen (secondary N) is 1. The lowest BCUT2D eigenvalue weighted by Gasteiger charge is -2.18. The highest BCUT2D eigenvalue weighted by atomic mass is 79.9. The van der Waals surface area contributed by atoms with Crippen molar-refractivity contribution in [2.45, 2.75) is 39.2 Å². The van der Waals surface area contributed by atoms with Crippen LogP contribution < -0.4 is 5.32 Å². The number of hydrogen-bond acceptors (Lipinski definition) is 3. The molecular weight excluding hydrogens is 294 g/mol.